The number of benzene rings is 1. The minimum atomic E-state index is -4.90. The number of hydrogen-bond donors (Lipinski definition) is 2. The highest BCUT2D eigenvalue weighted by molar-refractivity contribution is 5.94. The molecule has 1 aliphatic rings. The van der Waals surface area contributed by atoms with E-state index in [4.69, 9.17) is 5.11 Å². The first-order chi connectivity index (χ1) is 10.2. The first kappa shape index (κ1) is 16.1. The standard InChI is InChI=1S/C13H12F4N2O3/c14-10-2-1-7(5-9(10)13(15,16)17)11(20)18-8-3-4-19(6-8)12(21)22/h1-2,5,8H,3-4,6H2,(H,18,20)(H,21,22)/t8-/m0/s1. The molecule has 0 bridgehead atoms. The van der Waals surface area contributed by atoms with Gasteiger partial charge in [0.15, 0.2) is 0 Å². The first-order valence-corrected chi connectivity index (χ1v) is 6.34. The normalized spacial score (nSPS) is 18.4. The minimum Gasteiger partial charge on any atom is -0.465 e. The lowest BCUT2D eigenvalue weighted by Crippen LogP contribution is -2.38. The quantitative estimate of drug-likeness (QED) is 0.822. The zero-order valence-corrected chi connectivity index (χ0v) is 11.2. The average Bonchev–Trinajstić information content (AvgIpc) is 2.86. The summed E-state index contributed by atoms with van der Waals surface area (Å²) in [5.74, 6) is -2.26. The maximum absolute atomic E-state index is 13.2. The lowest BCUT2D eigenvalue weighted by molar-refractivity contribution is -0.140. The average molecular weight is 320 g/mol. The Morgan fingerprint density at radius 1 is 1.32 bits per heavy atom. The van der Waals surface area contributed by atoms with E-state index in [1.54, 1.807) is 0 Å². The number of amides is 2. The largest absolute Gasteiger partial charge is 0.465 e. The highest BCUT2D eigenvalue weighted by Crippen LogP contribution is 2.31. The molecule has 0 unspecified atom stereocenters. The Morgan fingerprint density at radius 2 is 2.00 bits per heavy atom. The van der Waals surface area contributed by atoms with Crippen LogP contribution in [0.15, 0.2) is 18.2 Å². The van der Waals surface area contributed by atoms with Crippen molar-refractivity contribution >= 4 is 12.0 Å². The van der Waals surface area contributed by atoms with Gasteiger partial charge in [-0.2, -0.15) is 13.2 Å². The number of likely N-dealkylation sites (tertiary alicyclic amines) is 1. The molecule has 0 spiro atoms. The van der Waals surface area contributed by atoms with Gasteiger partial charge >= 0.3 is 12.3 Å². The van der Waals surface area contributed by atoms with Crippen LogP contribution in [-0.4, -0.2) is 41.1 Å². The molecule has 0 aromatic heterocycles. The summed E-state index contributed by atoms with van der Waals surface area (Å²) in [7, 11) is 0. The van der Waals surface area contributed by atoms with Crippen LogP contribution in [0.5, 0.6) is 0 Å². The molecule has 1 aliphatic heterocycles. The van der Waals surface area contributed by atoms with Gasteiger partial charge in [0.1, 0.15) is 5.82 Å². The summed E-state index contributed by atoms with van der Waals surface area (Å²) >= 11 is 0. The Kier molecular flexibility index (Phi) is 4.25. The number of halogens is 4. The van der Waals surface area contributed by atoms with Crippen molar-refractivity contribution in [2.75, 3.05) is 13.1 Å². The van der Waals surface area contributed by atoms with Gasteiger partial charge in [0.05, 0.1) is 5.56 Å². The minimum absolute atomic E-state index is 0.0639. The highest BCUT2D eigenvalue weighted by Gasteiger charge is 2.35. The maximum Gasteiger partial charge on any atom is 0.419 e. The molecule has 1 aromatic rings. The van der Waals surface area contributed by atoms with Gasteiger partial charge in [0.2, 0.25) is 0 Å². The molecule has 2 N–H and O–H groups in total. The van der Waals surface area contributed by atoms with Gasteiger partial charge in [-0.05, 0) is 24.6 Å². The highest BCUT2D eigenvalue weighted by atomic mass is 19.4. The van der Waals surface area contributed by atoms with Crippen LogP contribution in [0.1, 0.15) is 22.3 Å². The van der Waals surface area contributed by atoms with Gasteiger partial charge in [-0.15, -0.1) is 0 Å². The van der Waals surface area contributed by atoms with Crippen molar-refractivity contribution in [3.8, 4) is 0 Å². The number of carboxylic acid groups (broad SMARTS) is 1. The lowest BCUT2D eigenvalue weighted by Gasteiger charge is -2.15. The number of nitrogens with one attached hydrogen (secondary N) is 1. The van der Waals surface area contributed by atoms with Gasteiger partial charge < -0.3 is 15.3 Å². The monoisotopic (exact) mass is 320 g/mol. The molecular formula is C13H12F4N2O3. The number of alkyl halides is 3. The molecule has 1 aromatic carbocycles. The molecule has 1 atom stereocenters. The SMILES string of the molecule is O=C(N[C@H]1CCN(C(=O)O)C1)c1ccc(F)c(C(F)(F)F)c1. The van der Waals surface area contributed by atoms with Crippen LogP contribution in [0, 0.1) is 5.82 Å². The van der Waals surface area contributed by atoms with E-state index in [-0.39, 0.29) is 18.7 Å². The number of nitrogens with zero attached hydrogens (tertiary/aromatic N) is 1. The Hall–Kier alpha value is -2.32. The van der Waals surface area contributed by atoms with Crippen molar-refractivity contribution in [2.24, 2.45) is 0 Å². The molecular weight excluding hydrogens is 308 g/mol. The molecule has 5 nitrogen and oxygen atoms in total. The van der Waals surface area contributed by atoms with Crippen LogP contribution in [0.3, 0.4) is 0 Å². The zero-order valence-electron chi connectivity index (χ0n) is 11.2. The number of rotatable bonds is 2. The molecule has 1 saturated heterocycles. The van der Waals surface area contributed by atoms with Crippen molar-refractivity contribution < 1.29 is 32.3 Å². The Balaban J connectivity index is 2.09. The summed E-state index contributed by atoms with van der Waals surface area (Å²) in [5.41, 5.74) is -1.85. The summed E-state index contributed by atoms with van der Waals surface area (Å²) < 4.78 is 50.9. The molecule has 120 valence electrons. The lowest BCUT2D eigenvalue weighted by atomic mass is 10.1. The molecule has 0 radical (unpaired) electrons. The van der Waals surface area contributed by atoms with Gasteiger partial charge in [0.25, 0.3) is 5.91 Å². The maximum atomic E-state index is 13.2. The van der Waals surface area contributed by atoms with E-state index < -0.39 is 35.6 Å². The Morgan fingerprint density at radius 3 is 2.55 bits per heavy atom. The topological polar surface area (TPSA) is 69.6 Å². The van der Waals surface area contributed by atoms with Crippen molar-refractivity contribution in [1.29, 1.82) is 0 Å². The second kappa shape index (κ2) is 5.82. The summed E-state index contributed by atoms with van der Waals surface area (Å²) in [5, 5.41) is 11.2. The van der Waals surface area contributed by atoms with E-state index in [2.05, 4.69) is 5.32 Å². The third kappa shape index (κ3) is 3.46. The van der Waals surface area contributed by atoms with E-state index in [0.717, 1.165) is 11.0 Å². The van der Waals surface area contributed by atoms with Gasteiger partial charge in [-0.3, -0.25) is 4.79 Å². The molecule has 2 rings (SSSR count). The molecule has 2 amide bonds. The smallest absolute Gasteiger partial charge is 0.419 e. The summed E-state index contributed by atoms with van der Waals surface area (Å²) in [6, 6.07) is 1.48. The predicted octanol–water partition coefficient (Wildman–Crippen LogP) is 2.33. The Bertz CT molecular complexity index is 603. The van der Waals surface area contributed by atoms with Crippen molar-refractivity contribution in [3.63, 3.8) is 0 Å². The van der Waals surface area contributed by atoms with Crippen molar-refractivity contribution in [3.05, 3.63) is 35.1 Å². The molecule has 1 heterocycles. The number of hydrogen-bond acceptors (Lipinski definition) is 2. The zero-order chi connectivity index (χ0) is 16.5. The second-order valence-corrected chi connectivity index (χ2v) is 4.88. The predicted molar refractivity (Wildman–Crippen MR) is 66.9 cm³/mol. The van der Waals surface area contributed by atoms with Crippen LogP contribution in [0.2, 0.25) is 0 Å². The van der Waals surface area contributed by atoms with Crippen LogP contribution in [-0.2, 0) is 6.18 Å². The van der Waals surface area contributed by atoms with Crippen LogP contribution in [0.4, 0.5) is 22.4 Å². The van der Waals surface area contributed by atoms with Gasteiger partial charge in [-0.1, -0.05) is 0 Å². The van der Waals surface area contributed by atoms with E-state index in [9.17, 15) is 27.2 Å². The number of carbonyl (C=O) groups is 2. The third-order valence-electron chi connectivity index (χ3n) is 3.33. The fourth-order valence-electron chi connectivity index (χ4n) is 2.20. The molecule has 9 heteroatoms. The van der Waals surface area contributed by atoms with E-state index in [1.807, 2.05) is 0 Å². The molecule has 1 fully saturated rings. The number of carbonyl (C=O) groups excluding carboxylic acids is 1. The second-order valence-electron chi connectivity index (χ2n) is 4.88. The van der Waals surface area contributed by atoms with Crippen LogP contribution in [0.25, 0.3) is 0 Å². The summed E-state index contributed by atoms with van der Waals surface area (Å²) in [4.78, 5) is 23.7. The van der Waals surface area contributed by atoms with E-state index >= 15 is 0 Å². The summed E-state index contributed by atoms with van der Waals surface area (Å²) in [6.45, 7) is 0.298. The molecule has 0 aliphatic carbocycles. The fraction of sp³-hybridized carbons (Fsp3) is 0.385. The van der Waals surface area contributed by atoms with E-state index in [0.29, 0.717) is 18.6 Å². The fourth-order valence-corrected chi connectivity index (χ4v) is 2.20. The van der Waals surface area contributed by atoms with Crippen LogP contribution < -0.4 is 5.32 Å². The van der Waals surface area contributed by atoms with Crippen molar-refractivity contribution in [1.82, 2.24) is 10.2 Å². The van der Waals surface area contributed by atoms with Crippen LogP contribution >= 0.6 is 0 Å². The molecule has 22 heavy (non-hydrogen) atoms. The Labute approximate surface area is 122 Å². The van der Waals surface area contributed by atoms with E-state index in [1.165, 1.54) is 0 Å². The molecule has 0 saturated carbocycles. The van der Waals surface area contributed by atoms with Crippen molar-refractivity contribution in [2.45, 2.75) is 18.6 Å². The van der Waals surface area contributed by atoms with Gasteiger partial charge in [-0.25, -0.2) is 9.18 Å². The van der Waals surface area contributed by atoms with Gasteiger partial charge in [0, 0.05) is 24.7 Å². The first-order valence-electron chi connectivity index (χ1n) is 6.34. The third-order valence-corrected chi connectivity index (χ3v) is 3.33. The summed E-state index contributed by atoms with van der Waals surface area (Å²) in [6.07, 6.45) is -5.66.